The number of aliphatic imine (C=N–C) groups is 1. The number of nitrogens with zero attached hydrogens (tertiary/aromatic N) is 6. The van der Waals surface area contributed by atoms with Gasteiger partial charge in [-0.3, -0.25) is 9.79 Å². The molecule has 9 heteroatoms. The Kier molecular flexibility index (Phi) is 7.01. The van der Waals surface area contributed by atoms with E-state index in [-0.39, 0.29) is 5.91 Å². The van der Waals surface area contributed by atoms with Crippen molar-refractivity contribution >= 4 is 34.2 Å². The lowest BCUT2D eigenvalue weighted by Gasteiger charge is -2.36. The third-order valence-corrected chi connectivity index (χ3v) is 6.69. The van der Waals surface area contributed by atoms with E-state index in [2.05, 4.69) is 42.5 Å². The zero-order valence-corrected chi connectivity index (χ0v) is 19.2. The number of carbonyl (C=O) groups is 1. The Hall–Kier alpha value is -2.68. The van der Waals surface area contributed by atoms with E-state index in [1.165, 1.54) is 17.1 Å². The molecule has 1 amide bonds. The summed E-state index contributed by atoms with van der Waals surface area (Å²) < 4.78 is 4.39. The monoisotopic (exact) mass is 441 g/mol. The molecule has 0 spiro atoms. The van der Waals surface area contributed by atoms with Crippen molar-refractivity contribution in [3.05, 3.63) is 35.7 Å². The van der Waals surface area contributed by atoms with Gasteiger partial charge in [0.25, 0.3) is 0 Å². The van der Waals surface area contributed by atoms with Gasteiger partial charge in [0.1, 0.15) is 5.82 Å². The number of benzene rings is 1. The summed E-state index contributed by atoms with van der Waals surface area (Å²) in [5.41, 5.74) is 2.35. The number of amides is 1. The number of guanidine groups is 1. The maximum absolute atomic E-state index is 12.7. The van der Waals surface area contributed by atoms with Crippen LogP contribution >= 0.6 is 11.5 Å². The van der Waals surface area contributed by atoms with Gasteiger partial charge in [-0.05, 0) is 24.5 Å². The Morgan fingerprint density at radius 3 is 2.74 bits per heavy atom. The Balaban J connectivity index is 1.19. The molecule has 1 N–H and O–H groups in total. The molecule has 1 fully saturated rings. The van der Waals surface area contributed by atoms with E-state index >= 15 is 0 Å². The molecule has 1 aromatic heterocycles. The normalized spacial score (nSPS) is 16.6. The fraction of sp³-hybridized carbons (Fsp3) is 0.545. The molecule has 8 nitrogen and oxygen atoms in total. The van der Waals surface area contributed by atoms with Gasteiger partial charge in [0.2, 0.25) is 11.0 Å². The number of piperazine rings is 1. The summed E-state index contributed by atoms with van der Waals surface area (Å²) in [6.07, 6.45) is 3.17. The van der Waals surface area contributed by atoms with Gasteiger partial charge in [-0.1, -0.05) is 25.1 Å². The Labute approximate surface area is 188 Å². The number of fused-ring (bicyclic) bond motifs is 1. The van der Waals surface area contributed by atoms with Gasteiger partial charge < -0.3 is 20.0 Å². The largest absolute Gasteiger partial charge is 0.356 e. The van der Waals surface area contributed by atoms with Crippen LogP contribution in [-0.4, -0.2) is 72.4 Å². The number of aryl methyl sites for hydroxylation is 1. The molecule has 31 heavy (non-hydrogen) atoms. The molecule has 2 aliphatic rings. The molecule has 1 saturated heterocycles. The van der Waals surface area contributed by atoms with Gasteiger partial charge in [0, 0.05) is 76.4 Å². The van der Waals surface area contributed by atoms with E-state index in [1.807, 2.05) is 30.1 Å². The summed E-state index contributed by atoms with van der Waals surface area (Å²) in [5, 5.41) is 4.45. The maximum Gasteiger partial charge on any atom is 0.227 e. The van der Waals surface area contributed by atoms with Crippen LogP contribution in [0.5, 0.6) is 0 Å². The van der Waals surface area contributed by atoms with Crippen molar-refractivity contribution in [1.82, 2.24) is 19.6 Å². The lowest BCUT2D eigenvalue weighted by atomic mass is 10.2. The first kappa shape index (κ1) is 21.5. The third kappa shape index (κ3) is 4.98. The second-order valence-corrected chi connectivity index (χ2v) is 8.55. The molecule has 2 aliphatic heterocycles. The molecule has 1 aromatic carbocycles. The highest BCUT2D eigenvalue weighted by Gasteiger charge is 2.24. The Bertz CT molecular complexity index is 920. The van der Waals surface area contributed by atoms with Gasteiger partial charge >= 0.3 is 0 Å². The van der Waals surface area contributed by atoms with Crippen LogP contribution in [0.2, 0.25) is 0 Å². The smallest absolute Gasteiger partial charge is 0.227 e. The van der Waals surface area contributed by atoms with Crippen molar-refractivity contribution < 1.29 is 4.79 Å². The van der Waals surface area contributed by atoms with Gasteiger partial charge in [-0.25, -0.2) is 4.98 Å². The fourth-order valence-electron chi connectivity index (χ4n) is 4.13. The number of para-hydroxylation sites is 1. The average molecular weight is 442 g/mol. The van der Waals surface area contributed by atoms with Crippen LogP contribution in [0.3, 0.4) is 0 Å². The number of rotatable bonds is 6. The zero-order chi connectivity index (χ0) is 21.6. The SMILES string of the molecule is CCc1nsc(N2CCN(C(=NC)NCCCC(=O)N3CCc4ccccc43)CC2)n1. The Morgan fingerprint density at radius 1 is 1.19 bits per heavy atom. The first-order chi connectivity index (χ1) is 15.2. The second kappa shape index (κ2) is 10.1. The minimum absolute atomic E-state index is 0.207. The summed E-state index contributed by atoms with van der Waals surface area (Å²) in [5.74, 6) is 2.04. The van der Waals surface area contributed by atoms with Gasteiger partial charge in [0.05, 0.1) is 0 Å². The van der Waals surface area contributed by atoms with E-state index < -0.39 is 0 Å². The molecule has 0 bridgehead atoms. The van der Waals surface area contributed by atoms with Crippen LogP contribution in [0.25, 0.3) is 0 Å². The standard InChI is InChI=1S/C22H31N7OS/c1-3-19-25-22(31-26-19)28-15-13-27(14-16-28)21(23-2)24-11-6-9-20(30)29-12-10-17-7-4-5-8-18(17)29/h4-5,7-8H,3,6,9-16H2,1-2H3,(H,23,24). The van der Waals surface area contributed by atoms with Crippen molar-refractivity contribution in [1.29, 1.82) is 0 Å². The van der Waals surface area contributed by atoms with Crippen LogP contribution in [0.4, 0.5) is 10.8 Å². The summed E-state index contributed by atoms with van der Waals surface area (Å²) in [4.78, 5) is 28.2. The number of hydrogen-bond acceptors (Lipinski definition) is 6. The maximum atomic E-state index is 12.7. The number of carbonyl (C=O) groups excluding carboxylic acids is 1. The molecular weight excluding hydrogens is 410 g/mol. The summed E-state index contributed by atoms with van der Waals surface area (Å²) in [7, 11) is 1.82. The first-order valence-corrected chi connectivity index (χ1v) is 11.9. The molecule has 3 heterocycles. The summed E-state index contributed by atoms with van der Waals surface area (Å²) in [6, 6.07) is 8.20. The number of nitrogens with one attached hydrogen (secondary N) is 1. The first-order valence-electron chi connectivity index (χ1n) is 11.1. The van der Waals surface area contributed by atoms with E-state index in [1.54, 1.807) is 0 Å². The van der Waals surface area contributed by atoms with Crippen molar-refractivity contribution in [2.75, 3.05) is 56.1 Å². The van der Waals surface area contributed by atoms with Crippen LogP contribution in [-0.2, 0) is 17.6 Å². The van der Waals surface area contributed by atoms with E-state index in [0.29, 0.717) is 6.42 Å². The molecule has 0 atom stereocenters. The van der Waals surface area contributed by atoms with E-state index in [4.69, 9.17) is 0 Å². The quantitative estimate of drug-likeness (QED) is 0.421. The van der Waals surface area contributed by atoms with Crippen molar-refractivity contribution in [3.8, 4) is 0 Å². The lowest BCUT2D eigenvalue weighted by molar-refractivity contribution is -0.118. The van der Waals surface area contributed by atoms with Gasteiger partial charge in [-0.15, -0.1) is 0 Å². The molecule has 0 radical (unpaired) electrons. The summed E-state index contributed by atoms with van der Waals surface area (Å²) in [6.45, 7) is 7.22. The van der Waals surface area contributed by atoms with Gasteiger partial charge in [0.15, 0.2) is 5.96 Å². The Morgan fingerprint density at radius 2 is 2.00 bits per heavy atom. The second-order valence-electron chi connectivity index (χ2n) is 7.82. The van der Waals surface area contributed by atoms with Crippen LogP contribution in [0.1, 0.15) is 31.2 Å². The number of aromatic nitrogens is 2. The minimum Gasteiger partial charge on any atom is -0.356 e. The fourth-order valence-corrected chi connectivity index (χ4v) is 4.93. The molecule has 4 rings (SSSR count). The summed E-state index contributed by atoms with van der Waals surface area (Å²) >= 11 is 1.49. The molecule has 0 unspecified atom stereocenters. The van der Waals surface area contributed by atoms with Crippen molar-refractivity contribution in [2.24, 2.45) is 4.99 Å². The molecule has 0 aliphatic carbocycles. The number of anilines is 2. The highest BCUT2D eigenvalue weighted by atomic mass is 32.1. The highest BCUT2D eigenvalue weighted by Crippen LogP contribution is 2.28. The highest BCUT2D eigenvalue weighted by molar-refractivity contribution is 7.09. The van der Waals surface area contributed by atoms with Crippen LogP contribution in [0.15, 0.2) is 29.3 Å². The predicted octanol–water partition coefficient (Wildman–Crippen LogP) is 2.17. The average Bonchev–Trinajstić information content (AvgIpc) is 3.46. The van der Waals surface area contributed by atoms with Crippen LogP contribution < -0.4 is 15.1 Å². The minimum atomic E-state index is 0.207. The van der Waals surface area contributed by atoms with E-state index in [9.17, 15) is 4.79 Å². The zero-order valence-electron chi connectivity index (χ0n) is 18.4. The third-order valence-electron chi connectivity index (χ3n) is 5.87. The van der Waals surface area contributed by atoms with Crippen LogP contribution in [0, 0.1) is 0 Å². The van der Waals surface area contributed by atoms with E-state index in [0.717, 1.165) is 81.1 Å². The molecule has 166 valence electrons. The topological polar surface area (TPSA) is 77.0 Å². The lowest BCUT2D eigenvalue weighted by Crippen LogP contribution is -2.52. The number of hydrogen-bond donors (Lipinski definition) is 1. The van der Waals surface area contributed by atoms with Crippen molar-refractivity contribution in [3.63, 3.8) is 0 Å². The van der Waals surface area contributed by atoms with Gasteiger partial charge in [-0.2, -0.15) is 4.37 Å². The van der Waals surface area contributed by atoms with Crippen molar-refractivity contribution in [2.45, 2.75) is 32.6 Å². The molecule has 0 saturated carbocycles. The molecule has 2 aromatic rings. The predicted molar refractivity (Wildman–Crippen MR) is 126 cm³/mol. The molecular formula is C22H31N7OS.